The maximum absolute atomic E-state index is 12.7. The van der Waals surface area contributed by atoms with Gasteiger partial charge in [0.2, 0.25) is 0 Å². The maximum Gasteiger partial charge on any atom is 0.262 e. The van der Waals surface area contributed by atoms with E-state index >= 15 is 0 Å². The maximum atomic E-state index is 12.7. The van der Waals surface area contributed by atoms with Crippen molar-refractivity contribution < 1.29 is 14.3 Å². The number of hydrogen-bond acceptors (Lipinski definition) is 4. The number of nitriles is 1. The number of carbonyl (C=O) groups is 1. The van der Waals surface area contributed by atoms with Crippen molar-refractivity contribution in [1.82, 2.24) is 5.32 Å². The highest BCUT2D eigenvalue weighted by Crippen LogP contribution is 2.27. The molecule has 2 rings (SSSR count). The number of carbonyl (C=O) groups excluding carboxylic acids is 1. The molecular formula is C26H32N2O3. The zero-order valence-electron chi connectivity index (χ0n) is 19.3. The Bertz CT molecular complexity index is 979. The van der Waals surface area contributed by atoms with Crippen LogP contribution < -0.4 is 14.8 Å². The highest BCUT2D eigenvalue weighted by Gasteiger charge is 2.28. The third kappa shape index (κ3) is 8.18. The number of rotatable bonds is 8. The molecule has 0 aliphatic carbocycles. The van der Waals surface area contributed by atoms with Gasteiger partial charge in [-0.05, 0) is 67.2 Å². The molecule has 0 radical (unpaired) electrons. The van der Waals surface area contributed by atoms with E-state index in [1.807, 2.05) is 68.4 Å². The Morgan fingerprint density at radius 2 is 1.74 bits per heavy atom. The number of hydrogen-bond donors (Lipinski definition) is 1. The SMILES string of the molecule is COc1cccc(COc2cccc(/C=C(\C#N)C(=O)NC(C)(C)CC(C)(C)C)c2)c1. The summed E-state index contributed by atoms with van der Waals surface area (Å²) in [6.45, 7) is 10.7. The van der Waals surface area contributed by atoms with E-state index in [0.717, 1.165) is 23.3 Å². The van der Waals surface area contributed by atoms with E-state index in [-0.39, 0.29) is 16.9 Å². The zero-order chi connectivity index (χ0) is 23.1. The summed E-state index contributed by atoms with van der Waals surface area (Å²) in [6.07, 6.45) is 2.37. The highest BCUT2D eigenvalue weighted by molar-refractivity contribution is 6.02. The zero-order valence-corrected chi connectivity index (χ0v) is 19.3. The Balaban J connectivity index is 2.10. The van der Waals surface area contributed by atoms with Gasteiger partial charge in [-0.25, -0.2) is 0 Å². The van der Waals surface area contributed by atoms with Gasteiger partial charge in [0, 0.05) is 5.54 Å². The molecule has 164 valence electrons. The Kier molecular flexibility index (Phi) is 7.88. The lowest BCUT2D eigenvalue weighted by Gasteiger charge is -2.33. The van der Waals surface area contributed by atoms with Crippen molar-refractivity contribution in [2.75, 3.05) is 7.11 Å². The first-order chi connectivity index (χ1) is 14.5. The van der Waals surface area contributed by atoms with Crippen molar-refractivity contribution in [3.05, 3.63) is 65.2 Å². The van der Waals surface area contributed by atoms with Crippen LogP contribution in [0, 0.1) is 16.7 Å². The fraction of sp³-hybridized carbons (Fsp3) is 0.385. The molecule has 0 bridgehead atoms. The van der Waals surface area contributed by atoms with Crippen LogP contribution in [-0.4, -0.2) is 18.6 Å². The summed E-state index contributed by atoms with van der Waals surface area (Å²) in [5.74, 6) is 1.05. The lowest BCUT2D eigenvalue weighted by atomic mass is 9.81. The summed E-state index contributed by atoms with van der Waals surface area (Å²) in [4.78, 5) is 12.7. The Hall–Kier alpha value is -3.26. The average Bonchev–Trinajstić information content (AvgIpc) is 2.68. The van der Waals surface area contributed by atoms with Crippen molar-refractivity contribution >= 4 is 12.0 Å². The lowest BCUT2D eigenvalue weighted by Crippen LogP contribution is -2.46. The summed E-state index contributed by atoms with van der Waals surface area (Å²) < 4.78 is 11.1. The molecule has 0 saturated heterocycles. The van der Waals surface area contributed by atoms with Gasteiger partial charge in [0.05, 0.1) is 7.11 Å². The molecule has 2 aromatic rings. The summed E-state index contributed by atoms with van der Waals surface area (Å²) in [5, 5.41) is 12.5. The molecule has 5 nitrogen and oxygen atoms in total. The number of nitrogens with zero attached hydrogens (tertiary/aromatic N) is 1. The standard InChI is InChI=1S/C26H32N2O3/c1-25(2,3)18-26(4,5)28-24(29)21(16-27)13-19-9-7-12-23(14-19)31-17-20-10-8-11-22(15-20)30-6/h7-15H,17-18H2,1-6H3,(H,28,29)/b21-13+. The minimum Gasteiger partial charge on any atom is -0.497 e. The first-order valence-corrected chi connectivity index (χ1v) is 10.3. The van der Waals surface area contributed by atoms with E-state index in [1.54, 1.807) is 13.2 Å². The lowest BCUT2D eigenvalue weighted by molar-refractivity contribution is -0.118. The third-order valence-corrected chi connectivity index (χ3v) is 4.50. The van der Waals surface area contributed by atoms with E-state index in [4.69, 9.17) is 9.47 Å². The number of amides is 1. The minimum absolute atomic E-state index is 0.0573. The number of nitrogens with one attached hydrogen (secondary N) is 1. The molecule has 31 heavy (non-hydrogen) atoms. The molecule has 2 aromatic carbocycles. The van der Waals surface area contributed by atoms with Crippen LogP contribution in [0.15, 0.2) is 54.1 Å². The minimum atomic E-state index is -0.424. The predicted molar refractivity (Wildman–Crippen MR) is 124 cm³/mol. The fourth-order valence-electron chi connectivity index (χ4n) is 3.68. The van der Waals surface area contributed by atoms with Crippen molar-refractivity contribution in [3.63, 3.8) is 0 Å². The van der Waals surface area contributed by atoms with Crippen LogP contribution in [-0.2, 0) is 11.4 Å². The van der Waals surface area contributed by atoms with E-state index in [0.29, 0.717) is 12.4 Å². The molecule has 0 unspecified atom stereocenters. The van der Waals surface area contributed by atoms with Crippen molar-refractivity contribution in [3.8, 4) is 17.6 Å². The van der Waals surface area contributed by atoms with Crippen LogP contribution in [0.1, 0.15) is 52.2 Å². The first-order valence-electron chi connectivity index (χ1n) is 10.3. The van der Waals surface area contributed by atoms with Gasteiger partial charge in [-0.15, -0.1) is 0 Å². The van der Waals surface area contributed by atoms with Crippen molar-refractivity contribution in [2.45, 2.75) is 53.2 Å². The van der Waals surface area contributed by atoms with Gasteiger partial charge in [0.1, 0.15) is 29.7 Å². The van der Waals surface area contributed by atoms with Gasteiger partial charge in [-0.2, -0.15) is 5.26 Å². The highest BCUT2D eigenvalue weighted by atomic mass is 16.5. The van der Waals surface area contributed by atoms with Gasteiger partial charge in [0.25, 0.3) is 5.91 Å². The normalized spacial score (nSPS) is 12.1. The second-order valence-corrected chi connectivity index (χ2v) is 9.46. The second-order valence-electron chi connectivity index (χ2n) is 9.46. The summed E-state index contributed by atoms with van der Waals surface area (Å²) in [7, 11) is 1.63. The van der Waals surface area contributed by atoms with Crippen LogP contribution in [0.2, 0.25) is 0 Å². The first kappa shape index (κ1) is 24.0. The number of benzene rings is 2. The smallest absolute Gasteiger partial charge is 0.262 e. The molecule has 0 aliphatic rings. The summed E-state index contributed by atoms with van der Waals surface area (Å²) in [5.41, 5.74) is 1.41. The fourth-order valence-corrected chi connectivity index (χ4v) is 3.68. The van der Waals surface area contributed by atoms with Crippen LogP contribution in [0.25, 0.3) is 6.08 Å². The van der Waals surface area contributed by atoms with Crippen LogP contribution in [0.4, 0.5) is 0 Å². The van der Waals surface area contributed by atoms with Crippen LogP contribution in [0.3, 0.4) is 0 Å². The number of methoxy groups -OCH3 is 1. The molecule has 5 heteroatoms. The largest absolute Gasteiger partial charge is 0.497 e. The molecule has 0 atom stereocenters. The van der Waals surface area contributed by atoms with E-state index in [1.165, 1.54) is 0 Å². The molecule has 0 aromatic heterocycles. The van der Waals surface area contributed by atoms with Gasteiger partial charge in [-0.3, -0.25) is 4.79 Å². The molecule has 1 amide bonds. The Morgan fingerprint density at radius 3 is 2.39 bits per heavy atom. The molecule has 0 fully saturated rings. The van der Waals surface area contributed by atoms with E-state index in [9.17, 15) is 10.1 Å². The molecular weight excluding hydrogens is 388 g/mol. The quantitative estimate of drug-likeness (QED) is 0.451. The number of ether oxygens (including phenoxy) is 2. The van der Waals surface area contributed by atoms with Crippen molar-refractivity contribution in [2.24, 2.45) is 5.41 Å². The molecule has 0 saturated carbocycles. The summed E-state index contributed by atoms with van der Waals surface area (Å²) in [6, 6.07) is 17.0. The monoisotopic (exact) mass is 420 g/mol. The Labute approximate surface area is 185 Å². The molecule has 0 aliphatic heterocycles. The predicted octanol–water partition coefficient (Wildman–Crippen LogP) is 5.51. The molecule has 1 N–H and O–H groups in total. The van der Waals surface area contributed by atoms with Gasteiger partial charge in [0.15, 0.2) is 0 Å². The van der Waals surface area contributed by atoms with Gasteiger partial charge >= 0.3 is 0 Å². The van der Waals surface area contributed by atoms with Crippen LogP contribution >= 0.6 is 0 Å². The van der Waals surface area contributed by atoms with Crippen molar-refractivity contribution in [1.29, 1.82) is 5.26 Å². The molecule has 0 heterocycles. The van der Waals surface area contributed by atoms with E-state index in [2.05, 4.69) is 26.1 Å². The van der Waals surface area contributed by atoms with Gasteiger partial charge in [-0.1, -0.05) is 45.0 Å². The average molecular weight is 421 g/mol. The topological polar surface area (TPSA) is 71.3 Å². The van der Waals surface area contributed by atoms with E-state index < -0.39 is 5.54 Å². The Morgan fingerprint density at radius 1 is 1.06 bits per heavy atom. The second kappa shape index (κ2) is 10.2. The third-order valence-electron chi connectivity index (χ3n) is 4.50. The molecule has 0 spiro atoms. The van der Waals surface area contributed by atoms with Crippen LogP contribution in [0.5, 0.6) is 11.5 Å². The summed E-state index contributed by atoms with van der Waals surface area (Å²) >= 11 is 0. The van der Waals surface area contributed by atoms with Gasteiger partial charge < -0.3 is 14.8 Å².